The van der Waals surface area contributed by atoms with Crippen LogP contribution >= 0.6 is 0 Å². The molecule has 0 amide bonds. The molecule has 0 bridgehead atoms. The summed E-state index contributed by atoms with van der Waals surface area (Å²) < 4.78 is 0. The van der Waals surface area contributed by atoms with Crippen molar-refractivity contribution in [3.05, 3.63) is 42.6 Å². The molecule has 18 heavy (non-hydrogen) atoms. The first-order valence-corrected chi connectivity index (χ1v) is 7.00. The second-order valence-electron chi connectivity index (χ2n) is 3.93. The van der Waals surface area contributed by atoms with E-state index in [4.69, 9.17) is 0 Å². The monoisotopic (exact) mass is 247 g/mol. The molecule has 1 aromatic heterocycles. The van der Waals surface area contributed by atoms with E-state index in [0.29, 0.717) is 0 Å². The fraction of sp³-hybridized carbons (Fsp3) is 0.471. The van der Waals surface area contributed by atoms with Gasteiger partial charge in [-0.3, -0.25) is 4.98 Å². The van der Waals surface area contributed by atoms with Gasteiger partial charge in [-0.2, -0.15) is 0 Å². The number of nitrogens with zero attached hydrogens (tertiary/aromatic N) is 1. The zero-order valence-corrected chi connectivity index (χ0v) is 13.1. The van der Waals surface area contributed by atoms with Crippen molar-refractivity contribution in [2.24, 2.45) is 5.92 Å². The molecule has 102 valence electrons. The Bertz CT molecular complexity index is 312. The van der Waals surface area contributed by atoms with E-state index in [9.17, 15) is 0 Å². The molecule has 1 heteroatoms. The Labute approximate surface area is 113 Å². The molecule has 0 aliphatic rings. The number of aromatic nitrogens is 1. The summed E-state index contributed by atoms with van der Waals surface area (Å²) in [6, 6.07) is 12.1. The molecule has 0 unspecified atom stereocenters. The summed E-state index contributed by atoms with van der Waals surface area (Å²) >= 11 is 0. The number of hydrogen-bond donors (Lipinski definition) is 0. The molecule has 2 aromatic rings. The van der Waals surface area contributed by atoms with E-state index < -0.39 is 0 Å². The molecule has 0 aliphatic carbocycles. The molecule has 0 spiro atoms. The van der Waals surface area contributed by atoms with Gasteiger partial charge >= 0.3 is 0 Å². The van der Waals surface area contributed by atoms with Crippen LogP contribution in [0.3, 0.4) is 0 Å². The third kappa shape index (κ3) is 9.83. The van der Waals surface area contributed by atoms with Gasteiger partial charge in [-0.15, -0.1) is 0 Å². The molecule has 0 saturated carbocycles. The first-order valence-electron chi connectivity index (χ1n) is 7.00. The maximum atomic E-state index is 4.18. The Balaban J connectivity index is 0. The molecule has 1 nitrogen and oxygen atoms in total. The summed E-state index contributed by atoms with van der Waals surface area (Å²) in [7, 11) is 0. The largest absolute Gasteiger partial charge is 0.256 e. The standard InChI is InChI=1S/C9H7N.C4H10.2C2H6/c1-2-6-9-8(4-1)5-3-7-10-9;1-4(2)3;2*1-2/h1-7H;4H,1-3H3;2*1-2H3. The maximum absolute atomic E-state index is 4.18. The third-order valence-corrected chi connectivity index (χ3v) is 1.51. The lowest BCUT2D eigenvalue weighted by atomic mass is 10.2. The van der Waals surface area contributed by atoms with Crippen molar-refractivity contribution in [1.82, 2.24) is 4.98 Å². The van der Waals surface area contributed by atoms with Crippen LogP contribution in [0.2, 0.25) is 0 Å². The second kappa shape index (κ2) is 13.7. The van der Waals surface area contributed by atoms with Crippen molar-refractivity contribution in [1.29, 1.82) is 0 Å². The summed E-state index contributed by atoms with van der Waals surface area (Å²) in [6.45, 7) is 14.5. The Kier molecular flexibility index (Phi) is 14.4. The van der Waals surface area contributed by atoms with Crippen molar-refractivity contribution in [2.45, 2.75) is 48.5 Å². The van der Waals surface area contributed by atoms with Crippen LogP contribution in [-0.4, -0.2) is 4.98 Å². The molecule has 0 aliphatic heterocycles. The smallest absolute Gasteiger partial charge is 0.0701 e. The first-order chi connectivity index (χ1) is 8.70. The lowest BCUT2D eigenvalue weighted by molar-refractivity contribution is 0.737. The van der Waals surface area contributed by atoms with Gasteiger partial charge in [-0.25, -0.2) is 0 Å². The summed E-state index contributed by atoms with van der Waals surface area (Å²) in [5, 5.41) is 1.20. The van der Waals surface area contributed by atoms with Crippen molar-refractivity contribution in [3.63, 3.8) is 0 Å². The Hall–Kier alpha value is -1.37. The van der Waals surface area contributed by atoms with Crippen LogP contribution in [0, 0.1) is 5.92 Å². The highest BCUT2D eigenvalue weighted by atomic mass is 14.6. The third-order valence-electron chi connectivity index (χ3n) is 1.51. The van der Waals surface area contributed by atoms with Crippen LogP contribution in [0.4, 0.5) is 0 Å². The predicted molar refractivity (Wildman–Crippen MR) is 85.0 cm³/mol. The molecule has 0 fully saturated rings. The molecule has 1 aromatic carbocycles. The van der Waals surface area contributed by atoms with Gasteiger partial charge in [0.2, 0.25) is 0 Å². The number of fused-ring (bicyclic) bond motifs is 1. The molecule has 0 atom stereocenters. The normalized spacial score (nSPS) is 8.22. The molecule has 0 saturated heterocycles. The first kappa shape index (κ1) is 19.0. The van der Waals surface area contributed by atoms with Gasteiger partial charge in [0.1, 0.15) is 0 Å². The fourth-order valence-corrected chi connectivity index (χ4v) is 1.02. The van der Waals surface area contributed by atoms with Crippen molar-refractivity contribution in [3.8, 4) is 0 Å². The van der Waals surface area contributed by atoms with Crippen LogP contribution < -0.4 is 0 Å². The van der Waals surface area contributed by atoms with E-state index in [-0.39, 0.29) is 0 Å². The van der Waals surface area contributed by atoms with Gasteiger partial charge in [0.05, 0.1) is 5.52 Å². The molecule has 1 heterocycles. The van der Waals surface area contributed by atoms with E-state index >= 15 is 0 Å². The minimum atomic E-state index is 0.833. The summed E-state index contributed by atoms with van der Waals surface area (Å²) in [6.07, 6.45) is 1.81. The fourth-order valence-electron chi connectivity index (χ4n) is 1.02. The quantitative estimate of drug-likeness (QED) is 0.560. The SMILES string of the molecule is CC.CC.CC(C)C.c1ccc2ncccc2c1. The number of benzene rings is 1. The number of rotatable bonds is 0. The van der Waals surface area contributed by atoms with Crippen LogP contribution in [-0.2, 0) is 0 Å². The molecule has 2 rings (SSSR count). The summed E-state index contributed by atoms with van der Waals surface area (Å²) in [5.41, 5.74) is 1.06. The lowest BCUT2D eigenvalue weighted by Gasteiger charge is -1.91. The highest BCUT2D eigenvalue weighted by Crippen LogP contribution is 2.07. The number of pyridine rings is 1. The van der Waals surface area contributed by atoms with Crippen LogP contribution in [0.5, 0.6) is 0 Å². The van der Waals surface area contributed by atoms with E-state index in [1.165, 1.54) is 5.39 Å². The molecular weight excluding hydrogens is 218 g/mol. The van der Waals surface area contributed by atoms with Crippen LogP contribution in [0.1, 0.15) is 48.5 Å². The Morgan fingerprint density at radius 3 is 1.72 bits per heavy atom. The topological polar surface area (TPSA) is 12.9 Å². The predicted octanol–water partition coefficient (Wildman–Crippen LogP) is 5.95. The minimum Gasteiger partial charge on any atom is -0.256 e. The van der Waals surface area contributed by atoms with Gasteiger partial charge < -0.3 is 0 Å². The van der Waals surface area contributed by atoms with Crippen LogP contribution in [0.25, 0.3) is 10.9 Å². The van der Waals surface area contributed by atoms with Gasteiger partial charge in [-0.1, -0.05) is 72.7 Å². The minimum absolute atomic E-state index is 0.833. The molecular formula is C17H29N. The molecule has 0 N–H and O–H groups in total. The van der Waals surface area contributed by atoms with Crippen molar-refractivity contribution in [2.75, 3.05) is 0 Å². The maximum Gasteiger partial charge on any atom is 0.0701 e. The Morgan fingerprint density at radius 2 is 1.22 bits per heavy atom. The highest BCUT2D eigenvalue weighted by Gasteiger charge is 1.86. The number of para-hydroxylation sites is 1. The molecule has 0 radical (unpaired) electrons. The summed E-state index contributed by atoms with van der Waals surface area (Å²) in [4.78, 5) is 4.18. The van der Waals surface area contributed by atoms with Gasteiger partial charge in [0.15, 0.2) is 0 Å². The van der Waals surface area contributed by atoms with E-state index in [1.54, 1.807) is 0 Å². The van der Waals surface area contributed by atoms with Crippen LogP contribution in [0.15, 0.2) is 42.6 Å². The average molecular weight is 247 g/mol. The summed E-state index contributed by atoms with van der Waals surface area (Å²) in [5.74, 6) is 0.833. The number of hydrogen-bond acceptors (Lipinski definition) is 1. The van der Waals surface area contributed by atoms with Crippen molar-refractivity contribution >= 4 is 10.9 Å². The van der Waals surface area contributed by atoms with Crippen molar-refractivity contribution < 1.29 is 0 Å². The zero-order valence-electron chi connectivity index (χ0n) is 13.1. The zero-order chi connectivity index (χ0) is 14.4. The Morgan fingerprint density at radius 1 is 0.778 bits per heavy atom. The van der Waals surface area contributed by atoms with Gasteiger partial charge in [-0.05, 0) is 18.1 Å². The second-order valence-corrected chi connectivity index (χ2v) is 3.93. The van der Waals surface area contributed by atoms with Gasteiger partial charge in [0.25, 0.3) is 0 Å². The highest BCUT2D eigenvalue weighted by molar-refractivity contribution is 5.77. The van der Waals surface area contributed by atoms with Gasteiger partial charge in [0, 0.05) is 11.6 Å². The van der Waals surface area contributed by atoms with E-state index in [0.717, 1.165) is 11.4 Å². The van der Waals surface area contributed by atoms with E-state index in [1.807, 2.05) is 58.2 Å². The lowest BCUT2D eigenvalue weighted by Crippen LogP contribution is -1.73. The van der Waals surface area contributed by atoms with E-state index in [2.05, 4.69) is 37.9 Å². The average Bonchev–Trinajstić information content (AvgIpc) is 2.43.